The lowest BCUT2D eigenvalue weighted by Crippen LogP contribution is -2.31. The van der Waals surface area contributed by atoms with Crippen molar-refractivity contribution in [1.82, 2.24) is 5.32 Å². The van der Waals surface area contributed by atoms with Gasteiger partial charge in [-0.1, -0.05) is 35.9 Å². The smallest absolute Gasteiger partial charge is 0.164 e. The summed E-state index contributed by atoms with van der Waals surface area (Å²) in [4.78, 5) is 0. The van der Waals surface area contributed by atoms with Gasteiger partial charge in [0.25, 0.3) is 0 Å². The van der Waals surface area contributed by atoms with Crippen LogP contribution in [-0.4, -0.2) is 26.8 Å². The second-order valence-electron chi connectivity index (χ2n) is 7.39. The highest BCUT2D eigenvalue weighted by molar-refractivity contribution is 5.53. The van der Waals surface area contributed by atoms with Crippen LogP contribution in [0.1, 0.15) is 34.6 Å². The number of methoxy groups -OCH3 is 2. The number of hydrogen-bond acceptors (Lipinski definition) is 3. The molecule has 1 saturated heterocycles. The number of benzene rings is 2. The summed E-state index contributed by atoms with van der Waals surface area (Å²) in [7, 11) is 3.46. The summed E-state index contributed by atoms with van der Waals surface area (Å²) < 4.78 is 11.2. The van der Waals surface area contributed by atoms with Crippen molar-refractivity contribution in [2.24, 2.45) is 5.92 Å². The molecule has 0 radical (unpaired) electrons. The first-order valence-electron chi connectivity index (χ1n) is 9.24. The van der Waals surface area contributed by atoms with E-state index in [0.717, 1.165) is 30.9 Å². The Bertz CT molecular complexity index is 771. The Kier molecular flexibility index (Phi) is 4.43. The molecule has 1 aliphatic carbocycles. The molecule has 4 rings (SSSR count). The first kappa shape index (κ1) is 16.5. The highest BCUT2D eigenvalue weighted by atomic mass is 16.5. The third kappa shape index (κ3) is 2.91. The minimum Gasteiger partial charge on any atom is -0.493 e. The fourth-order valence-electron chi connectivity index (χ4n) is 4.84. The van der Waals surface area contributed by atoms with Gasteiger partial charge in [-0.05, 0) is 49.3 Å². The zero-order valence-electron chi connectivity index (χ0n) is 15.3. The number of hydrogen-bond donors (Lipinski definition) is 1. The van der Waals surface area contributed by atoms with Crippen molar-refractivity contribution in [2.45, 2.75) is 38.1 Å². The molecule has 2 aromatic rings. The Balaban J connectivity index is 1.59. The minimum atomic E-state index is 0.563. The molecule has 0 amide bonds. The molecule has 1 heterocycles. The maximum atomic E-state index is 5.67. The molecule has 0 saturated carbocycles. The third-order valence-electron chi connectivity index (χ3n) is 5.98. The molecule has 1 N–H and O–H groups in total. The molecule has 3 heteroatoms. The topological polar surface area (TPSA) is 30.5 Å². The van der Waals surface area contributed by atoms with Gasteiger partial charge in [-0.2, -0.15) is 0 Å². The Labute approximate surface area is 150 Å². The van der Waals surface area contributed by atoms with E-state index in [-0.39, 0.29) is 0 Å². The fourth-order valence-corrected chi connectivity index (χ4v) is 4.84. The molecule has 0 aromatic heterocycles. The molecule has 0 spiro atoms. The van der Waals surface area contributed by atoms with E-state index in [1.165, 1.54) is 28.7 Å². The van der Waals surface area contributed by atoms with Crippen molar-refractivity contribution in [3.05, 3.63) is 58.7 Å². The zero-order chi connectivity index (χ0) is 17.4. The summed E-state index contributed by atoms with van der Waals surface area (Å²) in [5, 5.41) is 3.80. The van der Waals surface area contributed by atoms with Gasteiger partial charge in [0.15, 0.2) is 11.5 Å². The van der Waals surface area contributed by atoms with Gasteiger partial charge in [0, 0.05) is 24.1 Å². The molecular weight excluding hydrogens is 310 g/mol. The normalized spacial score (nSPS) is 24.5. The van der Waals surface area contributed by atoms with Crippen LogP contribution < -0.4 is 14.8 Å². The Hall–Kier alpha value is -2.00. The van der Waals surface area contributed by atoms with E-state index in [1.54, 1.807) is 14.2 Å². The van der Waals surface area contributed by atoms with E-state index in [9.17, 15) is 0 Å². The third-order valence-corrected chi connectivity index (χ3v) is 5.98. The first-order chi connectivity index (χ1) is 12.2. The van der Waals surface area contributed by atoms with Crippen LogP contribution >= 0.6 is 0 Å². The maximum Gasteiger partial charge on any atom is 0.164 e. The fraction of sp³-hybridized carbons (Fsp3) is 0.455. The Morgan fingerprint density at radius 2 is 2.00 bits per heavy atom. The van der Waals surface area contributed by atoms with Crippen LogP contribution in [0.15, 0.2) is 36.4 Å². The van der Waals surface area contributed by atoms with Crippen molar-refractivity contribution in [2.75, 3.05) is 20.8 Å². The molecule has 1 fully saturated rings. The van der Waals surface area contributed by atoms with Crippen molar-refractivity contribution in [1.29, 1.82) is 0 Å². The monoisotopic (exact) mass is 337 g/mol. The van der Waals surface area contributed by atoms with Gasteiger partial charge in [-0.15, -0.1) is 0 Å². The van der Waals surface area contributed by atoms with Gasteiger partial charge in [-0.25, -0.2) is 0 Å². The van der Waals surface area contributed by atoms with Crippen LogP contribution in [0, 0.1) is 12.8 Å². The maximum absolute atomic E-state index is 5.67. The second-order valence-corrected chi connectivity index (χ2v) is 7.39. The van der Waals surface area contributed by atoms with Crippen molar-refractivity contribution < 1.29 is 9.47 Å². The van der Waals surface area contributed by atoms with Crippen LogP contribution in [0.3, 0.4) is 0 Å². The summed E-state index contributed by atoms with van der Waals surface area (Å²) in [5.41, 5.74) is 5.59. The molecule has 2 aromatic carbocycles. The zero-order valence-corrected chi connectivity index (χ0v) is 15.3. The van der Waals surface area contributed by atoms with Crippen molar-refractivity contribution in [3.8, 4) is 11.5 Å². The highest BCUT2D eigenvalue weighted by Crippen LogP contribution is 2.47. The lowest BCUT2D eigenvalue weighted by atomic mass is 9.73. The molecule has 1 aliphatic heterocycles. The lowest BCUT2D eigenvalue weighted by molar-refractivity contribution is 0.335. The number of ether oxygens (including phenoxy) is 2. The van der Waals surface area contributed by atoms with Crippen LogP contribution in [0.25, 0.3) is 0 Å². The Morgan fingerprint density at radius 3 is 2.76 bits per heavy atom. The first-order valence-corrected chi connectivity index (χ1v) is 9.24. The van der Waals surface area contributed by atoms with Crippen LogP contribution in [0.5, 0.6) is 11.5 Å². The minimum absolute atomic E-state index is 0.563. The van der Waals surface area contributed by atoms with E-state index in [0.29, 0.717) is 17.9 Å². The summed E-state index contributed by atoms with van der Waals surface area (Å²) in [6, 6.07) is 13.8. The molecule has 25 heavy (non-hydrogen) atoms. The number of nitrogens with one attached hydrogen (secondary N) is 1. The molecule has 0 bridgehead atoms. The lowest BCUT2D eigenvalue weighted by Gasteiger charge is -2.32. The van der Waals surface area contributed by atoms with Crippen LogP contribution in [0.4, 0.5) is 0 Å². The summed E-state index contributed by atoms with van der Waals surface area (Å²) in [6.45, 7) is 3.23. The highest BCUT2D eigenvalue weighted by Gasteiger charge is 2.41. The van der Waals surface area contributed by atoms with E-state index in [2.05, 4.69) is 48.6 Å². The number of aryl methyl sites for hydroxylation is 1. The molecular formula is C22H27NO2. The average molecular weight is 337 g/mol. The summed E-state index contributed by atoms with van der Waals surface area (Å²) >= 11 is 0. The number of fused-ring (bicyclic) bond motifs is 3. The van der Waals surface area contributed by atoms with Crippen molar-refractivity contribution >= 4 is 0 Å². The van der Waals surface area contributed by atoms with Crippen LogP contribution in [-0.2, 0) is 12.8 Å². The molecule has 1 unspecified atom stereocenters. The number of rotatable bonds is 4. The SMILES string of the molecule is COc1ccc2c(c1OC)CCC1[C@@H](Cc3cccc(C)c3)NC[C@@H]21. The largest absolute Gasteiger partial charge is 0.493 e. The van der Waals surface area contributed by atoms with Crippen LogP contribution in [0.2, 0.25) is 0 Å². The summed E-state index contributed by atoms with van der Waals surface area (Å²) in [6.07, 6.45) is 3.40. The van der Waals surface area contributed by atoms with Gasteiger partial charge in [0.1, 0.15) is 0 Å². The van der Waals surface area contributed by atoms with E-state index < -0.39 is 0 Å². The Morgan fingerprint density at radius 1 is 1.12 bits per heavy atom. The predicted molar refractivity (Wildman–Crippen MR) is 101 cm³/mol. The molecule has 132 valence electrons. The standard InChI is InChI=1S/C22H27NO2/c1-14-5-4-6-15(11-14)12-20-17-7-8-18-16(19(17)13-23-20)9-10-21(24-2)22(18)25-3/h4-6,9-11,17,19-20,23H,7-8,12-13H2,1-3H3/t17?,19-,20+/m0/s1. The molecule has 3 atom stereocenters. The summed E-state index contributed by atoms with van der Waals surface area (Å²) in [5.74, 6) is 3.06. The quantitative estimate of drug-likeness (QED) is 0.919. The van der Waals surface area contributed by atoms with E-state index >= 15 is 0 Å². The van der Waals surface area contributed by atoms with E-state index in [1.807, 2.05) is 0 Å². The van der Waals surface area contributed by atoms with Crippen molar-refractivity contribution in [3.63, 3.8) is 0 Å². The van der Waals surface area contributed by atoms with Gasteiger partial charge < -0.3 is 14.8 Å². The van der Waals surface area contributed by atoms with E-state index in [4.69, 9.17) is 9.47 Å². The second kappa shape index (κ2) is 6.72. The van der Waals surface area contributed by atoms with Gasteiger partial charge in [0.2, 0.25) is 0 Å². The van der Waals surface area contributed by atoms with Gasteiger partial charge in [0.05, 0.1) is 14.2 Å². The van der Waals surface area contributed by atoms with Gasteiger partial charge >= 0.3 is 0 Å². The molecule has 2 aliphatic rings. The predicted octanol–water partition coefficient (Wildman–Crippen LogP) is 3.87. The van der Waals surface area contributed by atoms with Gasteiger partial charge in [-0.3, -0.25) is 0 Å². The molecule has 3 nitrogen and oxygen atoms in total. The average Bonchev–Trinajstić information content (AvgIpc) is 3.03.